The van der Waals surface area contributed by atoms with Crippen molar-refractivity contribution in [2.75, 3.05) is 91.6 Å². The van der Waals surface area contributed by atoms with Crippen LogP contribution in [0.5, 0.6) is 0 Å². The molecule has 0 bridgehead atoms. The van der Waals surface area contributed by atoms with E-state index in [-0.39, 0.29) is 116 Å². The molecule has 8 amide bonds. The minimum Gasteiger partial charge on any atom is -0.481 e. The number of hydrogen-bond acceptors (Lipinski definition) is 20. The zero-order chi connectivity index (χ0) is 77.2. The summed E-state index contributed by atoms with van der Waals surface area (Å²) in [6.45, 7) is 8.44. The van der Waals surface area contributed by atoms with Crippen molar-refractivity contribution < 1.29 is 127 Å². The van der Waals surface area contributed by atoms with E-state index in [4.69, 9.17) is 5.11 Å². The highest BCUT2D eigenvalue weighted by Crippen LogP contribution is 2.51. The number of amides is 8. The molecule has 1 heterocycles. The summed E-state index contributed by atoms with van der Waals surface area (Å²) < 4.78 is 17.1. The average molecular weight is 1470 g/mol. The lowest BCUT2D eigenvalue weighted by Crippen LogP contribution is -2.58. The number of unbranched alkanes of at least 4 members (excludes halogenated alkanes) is 1. The Bertz CT molecular complexity index is 3050. The maximum absolute atomic E-state index is 17.1. The van der Waals surface area contributed by atoms with Gasteiger partial charge in [-0.2, -0.15) is 0 Å². The molecule has 0 aliphatic carbocycles. The molecule has 0 radical (unpaired) electrons. The summed E-state index contributed by atoms with van der Waals surface area (Å²) in [6.07, 6.45) is -4.25. The van der Waals surface area contributed by atoms with E-state index in [0.717, 1.165) is 0 Å². The first-order valence-electron chi connectivity index (χ1n) is 33.0. The molecule has 1 saturated heterocycles. The van der Waals surface area contributed by atoms with E-state index < -0.39 is 215 Å². The molecule has 0 aromatic heterocycles. The highest BCUT2D eigenvalue weighted by atomic mass is 28.4. The number of carboxylic acid groups (broad SMARTS) is 9. The molecule has 1 fully saturated rings. The third-order valence-electron chi connectivity index (χ3n) is 16.6. The zero-order valence-electron chi connectivity index (χ0n) is 58.1. The lowest BCUT2D eigenvalue weighted by atomic mass is 10.1. The number of benzene rings is 1. The van der Waals surface area contributed by atoms with E-state index in [1.165, 1.54) is 43.9 Å². The van der Waals surface area contributed by atoms with Gasteiger partial charge in [0.1, 0.15) is 36.3 Å². The molecule has 39 heteroatoms. The molecule has 1 aliphatic rings. The van der Waals surface area contributed by atoms with Gasteiger partial charge in [-0.15, -0.1) is 0 Å². The van der Waals surface area contributed by atoms with E-state index >= 15 is 4.11 Å². The summed E-state index contributed by atoms with van der Waals surface area (Å²) >= 11 is 0. The molecule has 0 spiro atoms. The fraction of sp³-hybridized carbons (Fsp3) is 0.651. The molecule has 37 nitrogen and oxygen atoms in total. The van der Waals surface area contributed by atoms with Crippen molar-refractivity contribution in [3.63, 3.8) is 0 Å². The highest BCUT2D eigenvalue weighted by molar-refractivity contribution is 6.90. The van der Waals surface area contributed by atoms with E-state index in [9.17, 15) is 118 Å². The maximum Gasteiger partial charge on any atom is 0.326 e. The highest BCUT2D eigenvalue weighted by Gasteiger charge is 2.56. The van der Waals surface area contributed by atoms with Crippen LogP contribution in [-0.2, 0) is 67.1 Å². The Labute approximate surface area is 588 Å². The number of carboxylic acids is 9. The zero-order valence-corrected chi connectivity index (χ0v) is 59.1. The summed E-state index contributed by atoms with van der Waals surface area (Å²) in [4.78, 5) is 205. The van der Waals surface area contributed by atoms with Gasteiger partial charge in [0.05, 0.1) is 19.6 Å². The van der Waals surface area contributed by atoms with Gasteiger partial charge in [-0.1, -0.05) is 53.7 Å². The van der Waals surface area contributed by atoms with Crippen LogP contribution in [0.15, 0.2) is 24.3 Å². The van der Waals surface area contributed by atoms with Crippen LogP contribution in [0.4, 0.5) is 8.90 Å². The van der Waals surface area contributed by atoms with Crippen molar-refractivity contribution >= 4 is 109 Å². The van der Waals surface area contributed by atoms with E-state index in [2.05, 4.69) is 31.9 Å². The SMILES string of the molecule is CC(C)(C)[Si](F)(c1ccc(C(=O)NCC(NC(=O)CCC(C(=O)O)N2CCN(CC(=O)O)CCN(CC(=O)O)CCN(CC(=O)O)CC2)C(=O)NC(CCCCNC(=O)CCC(=O)NCCCC(NC(=O)CC[C@H](NC(=O)N[C@@H](CCC(=O)O)C(=O)O)C(=O)O)C(=O)O)C(=O)O)cc1)C(C)(C)C. The van der Waals surface area contributed by atoms with Gasteiger partial charge in [0.25, 0.3) is 14.3 Å². The molecule has 0 saturated carbocycles. The van der Waals surface area contributed by atoms with Crippen LogP contribution in [0, 0.1) is 0 Å². The number of urea groups is 1. The molecule has 4 unspecified atom stereocenters. The molecule has 1 aromatic rings. The van der Waals surface area contributed by atoms with Crippen molar-refractivity contribution in [3.8, 4) is 0 Å². The Morgan fingerprint density at radius 2 is 0.794 bits per heavy atom. The molecule has 17 N–H and O–H groups in total. The lowest BCUT2D eigenvalue weighted by Gasteiger charge is -2.44. The van der Waals surface area contributed by atoms with Gasteiger partial charge in [-0.05, 0) is 78.8 Å². The average Bonchev–Trinajstić information content (AvgIpc) is 0.748. The number of nitrogens with zero attached hydrogens (tertiary/aromatic N) is 4. The Kier molecular flexibility index (Phi) is 37.7. The van der Waals surface area contributed by atoms with Gasteiger partial charge < -0.3 is 92.6 Å². The first-order chi connectivity index (χ1) is 47.5. The lowest BCUT2D eigenvalue weighted by molar-refractivity contribution is -0.145. The molecule has 1 aliphatic heterocycles. The van der Waals surface area contributed by atoms with Crippen LogP contribution in [-0.4, -0.2) is 297 Å². The largest absolute Gasteiger partial charge is 0.481 e. The van der Waals surface area contributed by atoms with Crippen molar-refractivity contribution in [2.45, 2.75) is 171 Å². The number of aliphatic carboxylic acids is 9. The van der Waals surface area contributed by atoms with Crippen molar-refractivity contribution in [2.24, 2.45) is 0 Å². The number of rotatable bonds is 43. The number of hydrogen-bond donors (Lipinski definition) is 17. The Hall–Kier alpha value is -9.47. The standard InChI is InChI=1S/C63H99FN12O25Si/c1-62(2,3)102(64,63(4,5)6)39-14-12-38(13-15-39)54(89)67-34-44(69-49(80)20-18-45(60(99)100)76-32-30-74(36-52(85)86)28-26-73(35-51(83)84)27-29-75(31-33-76)37-53(87)88)55(90)70-41(57(93)94)10-7-8-24-65-46(77)21-22-47(78)66-25-9-11-40(56(91)92)68-48(79)19-16-42(58(95)96)71-61(101)72-43(59(97)98)17-23-50(81)82/h12-15,40-45H,7-11,16-37H2,1-6H3,(H,65,77)(H,66,78)(H,67,89)(H,68,79)(H,69,80)(H,70,90)(H,81,82)(H,83,84)(H,85,86)(H,87,88)(H,91,92)(H,93,94)(H,95,96)(H,97,98)(H,99,100)(H2,71,72,101)/t40?,41?,42-,43-,44?,45?/m0/s1. The van der Waals surface area contributed by atoms with Gasteiger partial charge in [-0.25, -0.2) is 24.0 Å². The molecule has 2 rings (SSSR count). The summed E-state index contributed by atoms with van der Waals surface area (Å²) in [5, 5.41) is 104. The molecule has 6 atom stereocenters. The topological polar surface area (TPSA) is 564 Å². The van der Waals surface area contributed by atoms with Crippen LogP contribution in [0.1, 0.15) is 135 Å². The summed E-state index contributed by atoms with van der Waals surface area (Å²) in [7, 11) is -3.77. The van der Waals surface area contributed by atoms with E-state index in [0.29, 0.717) is 5.19 Å². The van der Waals surface area contributed by atoms with Crippen LogP contribution in [0.2, 0.25) is 10.1 Å². The fourth-order valence-electron chi connectivity index (χ4n) is 11.4. The number of nitrogens with one attached hydrogen (secondary N) is 8. The number of halogens is 1. The second kappa shape index (κ2) is 43.4. The Morgan fingerprint density at radius 3 is 1.21 bits per heavy atom. The van der Waals surface area contributed by atoms with Crippen LogP contribution >= 0.6 is 0 Å². The van der Waals surface area contributed by atoms with Gasteiger partial charge >= 0.3 is 59.8 Å². The maximum atomic E-state index is 17.1. The minimum absolute atomic E-state index is 0.00207. The summed E-state index contributed by atoms with van der Waals surface area (Å²) in [6, 6.07) is -5.18. The van der Waals surface area contributed by atoms with Crippen molar-refractivity contribution in [1.29, 1.82) is 0 Å². The summed E-state index contributed by atoms with van der Waals surface area (Å²) in [5.74, 6) is -17.5. The molecule has 102 heavy (non-hydrogen) atoms. The molecule has 572 valence electrons. The Balaban J connectivity index is 2.15. The number of carbonyl (C=O) groups excluding carboxylic acids is 7. The smallest absolute Gasteiger partial charge is 0.326 e. The van der Waals surface area contributed by atoms with Crippen LogP contribution in [0.25, 0.3) is 0 Å². The van der Waals surface area contributed by atoms with E-state index in [1.54, 1.807) is 41.5 Å². The molecule has 1 aromatic carbocycles. The Morgan fingerprint density at radius 1 is 0.412 bits per heavy atom. The fourth-order valence-corrected chi connectivity index (χ4v) is 16.0. The quantitative estimate of drug-likeness (QED) is 0.0197. The molecular formula is C63H99FN12O25Si. The third-order valence-corrected chi connectivity index (χ3v) is 21.9. The predicted octanol–water partition coefficient (Wildman–Crippen LogP) is -1.72. The van der Waals surface area contributed by atoms with E-state index in [1.807, 2.05) is 10.6 Å². The van der Waals surface area contributed by atoms with Crippen LogP contribution < -0.4 is 47.7 Å². The van der Waals surface area contributed by atoms with Gasteiger partial charge in [0, 0.05) is 110 Å². The normalized spacial score (nSPS) is 15.6. The number of carbonyl (C=O) groups is 16. The van der Waals surface area contributed by atoms with Crippen molar-refractivity contribution in [1.82, 2.24) is 62.1 Å². The monoisotopic (exact) mass is 1470 g/mol. The first-order valence-corrected chi connectivity index (χ1v) is 34.9. The molecular weight excluding hydrogens is 1370 g/mol. The van der Waals surface area contributed by atoms with Gasteiger partial charge in [-0.3, -0.25) is 72.3 Å². The third kappa shape index (κ3) is 32.9. The first kappa shape index (κ1) is 88.6. The van der Waals surface area contributed by atoms with Gasteiger partial charge in [0.15, 0.2) is 0 Å². The summed E-state index contributed by atoms with van der Waals surface area (Å²) in [5.41, 5.74) is 0.0380. The van der Waals surface area contributed by atoms with Crippen LogP contribution in [0.3, 0.4) is 0 Å². The second-order valence-corrected chi connectivity index (χ2v) is 31.5. The second-order valence-electron chi connectivity index (χ2n) is 26.6. The predicted molar refractivity (Wildman–Crippen MR) is 359 cm³/mol. The van der Waals surface area contributed by atoms with Crippen molar-refractivity contribution in [3.05, 3.63) is 29.8 Å². The van der Waals surface area contributed by atoms with Gasteiger partial charge in [0.2, 0.25) is 29.5 Å². The minimum atomic E-state index is -3.77.